The first-order valence-corrected chi connectivity index (χ1v) is 8.05. The highest BCUT2D eigenvalue weighted by atomic mass is 35.5. The number of aryl methyl sites for hydroxylation is 1. The van der Waals surface area contributed by atoms with Crippen molar-refractivity contribution < 1.29 is 9.90 Å². The molecule has 0 radical (unpaired) electrons. The van der Waals surface area contributed by atoms with Crippen LogP contribution in [-0.4, -0.2) is 44.5 Å². The van der Waals surface area contributed by atoms with Gasteiger partial charge in [-0.25, -0.2) is 4.98 Å². The quantitative estimate of drug-likeness (QED) is 0.945. The third-order valence-corrected chi connectivity index (χ3v) is 4.53. The number of amides is 1. The fourth-order valence-corrected chi connectivity index (χ4v) is 3.41. The van der Waals surface area contributed by atoms with Crippen LogP contribution in [0.15, 0.2) is 18.3 Å². The number of piperidine rings is 1. The molecule has 1 N–H and O–H groups in total. The Morgan fingerprint density at radius 3 is 3.05 bits per heavy atom. The molecule has 6 heteroatoms. The number of fused-ring (bicyclic) bond motifs is 1. The molecule has 1 aliphatic heterocycles. The number of nitrogens with zero attached hydrogens (tertiary/aromatic N) is 3. The van der Waals surface area contributed by atoms with Crippen molar-refractivity contribution in [3.63, 3.8) is 0 Å². The average molecular weight is 322 g/mol. The van der Waals surface area contributed by atoms with Crippen LogP contribution in [0.2, 0.25) is 5.02 Å². The van der Waals surface area contributed by atoms with Crippen molar-refractivity contribution in [3.8, 4) is 0 Å². The Bertz CT molecular complexity index is 696. The molecule has 3 heterocycles. The third kappa shape index (κ3) is 2.71. The minimum atomic E-state index is -0.0228. The van der Waals surface area contributed by atoms with E-state index in [1.165, 1.54) is 0 Å². The summed E-state index contributed by atoms with van der Waals surface area (Å²) in [5.41, 5.74) is 2.00. The molecule has 1 aliphatic rings. The molecule has 0 aliphatic carbocycles. The summed E-state index contributed by atoms with van der Waals surface area (Å²) in [6, 6.07) is 3.69. The molecule has 1 fully saturated rings. The number of imidazole rings is 1. The first-order valence-electron chi connectivity index (χ1n) is 7.68. The molecule has 1 unspecified atom stereocenters. The van der Waals surface area contributed by atoms with Crippen LogP contribution < -0.4 is 0 Å². The van der Waals surface area contributed by atoms with Gasteiger partial charge >= 0.3 is 0 Å². The van der Waals surface area contributed by atoms with Crippen molar-refractivity contribution in [1.82, 2.24) is 14.3 Å². The van der Waals surface area contributed by atoms with Crippen molar-refractivity contribution in [2.24, 2.45) is 0 Å². The molecule has 0 spiro atoms. The second kappa shape index (κ2) is 6.26. The Hall–Kier alpha value is -1.59. The smallest absolute Gasteiger partial charge is 0.273 e. The summed E-state index contributed by atoms with van der Waals surface area (Å²) in [6.45, 7) is 2.68. The minimum Gasteiger partial charge on any atom is -0.396 e. The van der Waals surface area contributed by atoms with E-state index in [-0.39, 0.29) is 18.6 Å². The number of aromatic nitrogens is 2. The van der Waals surface area contributed by atoms with Gasteiger partial charge in [-0.3, -0.25) is 9.20 Å². The highest BCUT2D eigenvalue weighted by Crippen LogP contribution is 2.24. The number of carbonyl (C=O) groups is 1. The molecular weight excluding hydrogens is 302 g/mol. The van der Waals surface area contributed by atoms with E-state index in [1.807, 2.05) is 17.9 Å². The molecule has 1 atom stereocenters. The molecule has 2 aromatic heterocycles. The largest absolute Gasteiger partial charge is 0.396 e. The van der Waals surface area contributed by atoms with Gasteiger partial charge in [-0.2, -0.15) is 0 Å². The minimum absolute atomic E-state index is 0.0228. The normalized spacial score (nSPS) is 18.9. The maximum absolute atomic E-state index is 13.0. The molecular formula is C16H20ClN3O2. The Morgan fingerprint density at radius 1 is 1.45 bits per heavy atom. The fourth-order valence-electron chi connectivity index (χ4n) is 3.25. The van der Waals surface area contributed by atoms with E-state index >= 15 is 0 Å². The number of hydrogen-bond acceptors (Lipinski definition) is 3. The topological polar surface area (TPSA) is 57.8 Å². The Labute approximate surface area is 134 Å². The fraction of sp³-hybridized carbons (Fsp3) is 0.500. The summed E-state index contributed by atoms with van der Waals surface area (Å²) < 4.78 is 1.77. The lowest BCUT2D eigenvalue weighted by atomic mass is 9.99. The number of aliphatic hydroxyl groups excluding tert-OH is 1. The zero-order valence-electron chi connectivity index (χ0n) is 12.6. The van der Waals surface area contributed by atoms with Gasteiger partial charge in [0.15, 0.2) is 0 Å². The first kappa shape index (κ1) is 15.3. The van der Waals surface area contributed by atoms with Gasteiger partial charge in [-0.15, -0.1) is 0 Å². The number of rotatable bonds is 3. The van der Waals surface area contributed by atoms with Gasteiger partial charge in [0.2, 0.25) is 0 Å². The van der Waals surface area contributed by atoms with E-state index in [4.69, 9.17) is 11.6 Å². The Kier molecular flexibility index (Phi) is 4.36. The van der Waals surface area contributed by atoms with Gasteiger partial charge in [0, 0.05) is 25.4 Å². The van der Waals surface area contributed by atoms with Crippen LogP contribution in [-0.2, 0) is 0 Å². The Morgan fingerprint density at radius 2 is 2.27 bits per heavy atom. The maximum atomic E-state index is 13.0. The predicted octanol–water partition coefficient (Wildman–Crippen LogP) is 2.67. The van der Waals surface area contributed by atoms with Crippen molar-refractivity contribution in [3.05, 3.63) is 34.7 Å². The number of pyridine rings is 1. The molecule has 1 saturated heterocycles. The number of halogens is 1. The lowest BCUT2D eigenvalue weighted by Crippen LogP contribution is -2.44. The monoisotopic (exact) mass is 321 g/mol. The summed E-state index contributed by atoms with van der Waals surface area (Å²) in [7, 11) is 0. The van der Waals surface area contributed by atoms with Crippen LogP contribution in [0.1, 0.15) is 41.9 Å². The molecule has 0 saturated carbocycles. The van der Waals surface area contributed by atoms with E-state index in [2.05, 4.69) is 4.98 Å². The van der Waals surface area contributed by atoms with Crippen LogP contribution in [0.5, 0.6) is 0 Å². The summed E-state index contributed by atoms with van der Waals surface area (Å²) in [4.78, 5) is 19.4. The standard InChI is InChI=1S/C16H20ClN3O2/c1-11-15(20-10-12(17)5-6-14(20)18-11)16(22)19-8-3-2-4-13(19)7-9-21/h5-6,10,13,21H,2-4,7-9H2,1H3. The van der Waals surface area contributed by atoms with Gasteiger partial charge in [0.25, 0.3) is 5.91 Å². The van der Waals surface area contributed by atoms with Gasteiger partial charge in [-0.05, 0) is 44.7 Å². The molecule has 22 heavy (non-hydrogen) atoms. The SMILES string of the molecule is Cc1nc2ccc(Cl)cn2c1C(=O)N1CCCCC1CCO. The first-order chi connectivity index (χ1) is 10.6. The molecule has 2 aromatic rings. The van der Waals surface area contributed by atoms with Gasteiger partial charge in [-0.1, -0.05) is 11.6 Å². The molecule has 118 valence electrons. The van der Waals surface area contributed by atoms with E-state index in [1.54, 1.807) is 16.7 Å². The van der Waals surface area contributed by atoms with Gasteiger partial charge in [0.05, 0.1) is 10.7 Å². The van der Waals surface area contributed by atoms with Gasteiger partial charge in [0.1, 0.15) is 11.3 Å². The van der Waals surface area contributed by atoms with E-state index < -0.39 is 0 Å². The summed E-state index contributed by atoms with van der Waals surface area (Å²) in [6.07, 6.45) is 5.41. The summed E-state index contributed by atoms with van der Waals surface area (Å²) in [5.74, 6) is -0.0228. The lowest BCUT2D eigenvalue weighted by molar-refractivity contribution is 0.0567. The molecule has 1 amide bonds. The number of carbonyl (C=O) groups excluding carboxylic acids is 1. The van der Waals surface area contributed by atoms with Crippen LogP contribution in [0.4, 0.5) is 0 Å². The van der Waals surface area contributed by atoms with Crippen molar-refractivity contribution >= 4 is 23.2 Å². The van der Waals surface area contributed by atoms with Crippen LogP contribution >= 0.6 is 11.6 Å². The second-order valence-corrected chi connectivity index (χ2v) is 6.22. The number of likely N-dealkylation sites (tertiary alicyclic amines) is 1. The summed E-state index contributed by atoms with van der Waals surface area (Å²) in [5, 5.41) is 9.81. The maximum Gasteiger partial charge on any atom is 0.273 e. The zero-order chi connectivity index (χ0) is 15.7. The van der Waals surface area contributed by atoms with Crippen LogP contribution in [0.25, 0.3) is 5.65 Å². The molecule has 3 rings (SSSR count). The average Bonchev–Trinajstić information content (AvgIpc) is 2.82. The van der Waals surface area contributed by atoms with Crippen molar-refractivity contribution in [2.45, 2.75) is 38.6 Å². The van der Waals surface area contributed by atoms with Crippen molar-refractivity contribution in [1.29, 1.82) is 0 Å². The predicted molar refractivity (Wildman–Crippen MR) is 85.3 cm³/mol. The lowest BCUT2D eigenvalue weighted by Gasteiger charge is -2.35. The third-order valence-electron chi connectivity index (χ3n) is 4.31. The van der Waals surface area contributed by atoms with E-state index in [9.17, 15) is 9.90 Å². The van der Waals surface area contributed by atoms with Crippen LogP contribution in [0.3, 0.4) is 0 Å². The van der Waals surface area contributed by atoms with E-state index in [0.29, 0.717) is 22.8 Å². The van der Waals surface area contributed by atoms with Crippen molar-refractivity contribution in [2.75, 3.05) is 13.2 Å². The molecule has 5 nitrogen and oxygen atoms in total. The van der Waals surface area contributed by atoms with Crippen LogP contribution in [0, 0.1) is 6.92 Å². The number of aliphatic hydroxyl groups is 1. The second-order valence-electron chi connectivity index (χ2n) is 5.78. The molecule has 0 aromatic carbocycles. The molecule has 0 bridgehead atoms. The van der Waals surface area contributed by atoms with E-state index in [0.717, 1.165) is 31.5 Å². The zero-order valence-corrected chi connectivity index (χ0v) is 13.4. The highest BCUT2D eigenvalue weighted by Gasteiger charge is 2.30. The highest BCUT2D eigenvalue weighted by molar-refractivity contribution is 6.30. The van der Waals surface area contributed by atoms with Gasteiger partial charge < -0.3 is 10.0 Å². The summed E-state index contributed by atoms with van der Waals surface area (Å²) >= 11 is 6.06. The number of hydrogen-bond donors (Lipinski definition) is 1. The Balaban J connectivity index is 2.00.